The number of hydrogen-bond acceptors (Lipinski definition) is 5. The number of rotatable bonds is 4. The molecule has 2 atom stereocenters. The fraction of sp³-hybridized carbons (Fsp3) is 0.286. The van der Waals surface area contributed by atoms with Crippen molar-refractivity contribution >= 4 is 28.4 Å². The number of aromatic nitrogens is 2. The molecule has 156 valence electrons. The number of carbonyl (C=O) groups is 1. The van der Waals surface area contributed by atoms with Gasteiger partial charge in [0.2, 0.25) is 0 Å². The molecule has 2 aromatic heterocycles. The van der Waals surface area contributed by atoms with Crippen LogP contribution in [0.4, 0.5) is 20.7 Å². The number of benzene rings is 1. The van der Waals surface area contributed by atoms with Crippen LogP contribution in [0.5, 0.6) is 0 Å². The Morgan fingerprint density at radius 2 is 2.10 bits per heavy atom. The van der Waals surface area contributed by atoms with Crippen molar-refractivity contribution in [1.82, 2.24) is 9.55 Å². The van der Waals surface area contributed by atoms with E-state index in [0.717, 1.165) is 5.39 Å². The molecule has 0 radical (unpaired) electrons. The van der Waals surface area contributed by atoms with Crippen molar-refractivity contribution in [2.45, 2.75) is 31.4 Å². The van der Waals surface area contributed by atoms with Crippen LogP contribution in [0.3, 0.4) is 0 Å². The zero-order chi connectivity index (χ0) is 21.4. The Morgan fingerprint density at radius 3 is 2.77 bits per heavy atom. The number of anilines is 2. The molecule has 4 rings (SSSR count). The molecule has 0 bridgehead atoms. The lowest BCUT2D eigenvalue weighted by atomic mass is 10.0. The second kappa shape index (κ2) is 7.75. The number of amides is 2. The van der Waals surface area contributed by atoms with Crippen LogP contribution in [0.2, 0.25) is 0 Å². The summed E-state index contributed by atoms with van der Waals surface area (Å²) in [5.41, 5.74) is 6.24. The van der Waals surface area contributed by atoms with Gasteiger partial charge in [-0.25, -0.2) is 14.2 Å². The van der Waals surface area contributed by atoms with Gasteiger partial charge in [0.25, 0.3) is 5.56 Å². The molecule has 1 aromatic carbocycles. The van der Waals surface area contributed by atoms with Crippen molar-refractivity contribution in [3.63, 3.8) is 0 Å². The minimum Gasteiger partial charge on any atom is -0.393 e. The van der Waals surface area contributed by atoms with Gasteiger partial charge < -0.3 is 26.0 Å². The SMILES string of the molecule is CNc1cc2c(cn1)cc(-c1ccc(F)c(NC(N)=O)c1)c(=O)n2C1CC[C@@H](O)C1. The zero-order valence-corrected chi connectivity index (χ0v) is 16.4. The molecule has 1 unspecified atom stereocenters. The van der Waals surface area contributed by atoms with Crippen LogP contribution in [0.1, 0.15) is 25.3 Å². The number of carbonyl (C=O) groups excluding carboxylic acids is 1. The summed E-state index contributed by atoms with van der Waals surface area (Å²) in [7, 11) is 1.75. The molecule has 8 nitrogen and oxygen atoms in total. The summed E-state index contributed by atoms with van der Waals surface area (Å²) in [4.78, 5) is 29.0. The van der Waals surface area contributed by atoms with E-state index in [0.29, 0.717) is 41.7 Å². The Hall–Kier alpha value is -3.46. The Morgan fingerprint density at radius 1 is 1.30 bits per heavy atom. The fourth-order valence-corrected chi connectivity index (χ4v) is 4.03. The predicted octanol–water partition coefficient (Wildman–Crippen LogP) is 2.82. The number of fused-ring (bicyclic) bond motifs is 1. The predicted molar refractivity (Wildman–Crippen MR) is 113 cm³/mol. The summed E-state index contributed by atoms with van der Waals surface area (Å²) in [5, 5.41) is 16.0. The van der Waals surface area contributed by atoms with E-state index in [-0.39, 0.29) is 17.3 Å². The monoisotopic (exact) mass is 411 g/mol. The van der Waals surface area contributed by atoms with E-state index in [4.69, 9.17) is 5.73 Å². The van der Waals surface area contributed by atoms with E-state index in [1.165, 1.54) is 18.2 Å². The number of primary amides is 1. The molecule has 9 heteroatoms. The molecule has 1 saturated carbocycles. The second-order valence-corrected chi connectivity index (χ2v) is 7.42. The molecular formula is C21H22FN5O3. The number of nitrogens with two attached hydrogens (primary N) is 1. The van der Waals surface area contributed by atoms with Crippen molar-refractivity contribution in [1.29, 1.82) is 0 Å². The zero-order valence-electron chi connectivity index (χ0n) is 16.4. The molecule has 0 spiro atoms. The highest BCUT2D eigenvalue weighted by Gasteiger charge is 2.27. The van der Waals surface area contributed by atoms with Gasteiger partial charge in [-0.2, -0.15) is 0 Å². The van der Waals surface area contributed by atoms with Crippen molar-refractivity contribution in [2.24, 2.45) is 5.73 Å². The fourth-order valence-electron chi connectivity index (χ4n) is 4.03. The van der Waals surface area contributed by atoms with Gasteiger partial charge in [0.1, 0.15) is 11.6 Å². The summed E-state index contributed by atoms with van der Waals surface area (Å²) in [5.74, 6) is -0.0328. The van der Waals surface area contributed by atoms with Gasteiger partial charge >= 0.3 is 6.03 Å². The molecule has 2 amide bonds. The number of nitrogens with one attached hydrogen (secondary N) is 2. The molecule has 3 aromatic rings. The minimum atomic E-state index is -0.897. The van der Waals surface area contributed by atoms with Crippen LogP contribution in [-0.2, 0) is 0 Å². The lowest BCUT2D eigenvalue weighted by Crippen LogP contribution is -2.26. The summed E-state index contributed by atoms with van der Waals surface area (Å²) in [6.07, 6.45) is 2.99. The second-order valence-electron chi connectivity index (χ2n) is 7.42. The number of pyridine rings is 2. The third-order valence-corrected chi connectivity index (χ3v) is 5.45. The number of hydrogen-bond donors (Lipinski definition) is 4. The number of nitrogens with zero attached hydrogens (tertiary/aromatic N) is 2. The number of urea groups is 1. The maximum Gasteiger partial charge on any atom is 0.316 e. The highest BCUT2D eigenvalue weighted by atomic mass is 19.1. The third kappa shape index (κ3) is 3.59. The van der Waals surface area contributed by atoms with Crippen molar-refractivity contribution < 1.29 is 14.3 Å². The van der Waals surface area contributed by atoms with E-state index in [1.807, 2.05) is 0 Å². The van der Waals surface area contributed by atoms with Gasteiger partial charge in [0.05, 0.1) is 17.3 Å². The van der Waals surface area contributed by atoms with E-state index >= 15 is 0 Å². The smallest absolute Gasteiger partial charge is 0.316 e. The van der Waals surface area contributed by atoms with E-state index in [1.54, 1.807) is 29.9 Å². The van der Waals surface area contributed by atoms with Crippen molar-refractivity contribution in [3.8, 4) is 11.1 Å². The Bertz CT molecular complexity index is 1190. The summed E-state index contributed by atoms with van der Waals surface area (Å²) < 4.78 is 15.7. The summed E-state index contributed by atoms with van der Waals surface area (Å²) in [6.45, 7) is 0. The average Bonchev–Trinajstić information content (AvgIpc) is 3.14. The normalized spacial score (nSPS) is 18.5. The topological polar surface area (TPSA) is 122 Å². The standard InChI is InChI=1S/C21H22FN5O3/c1-24-19-9-18-12(10-25-19)6-15(20(29)27(18)13-3-4-14(28)8-13)11-2-5-16(22)17(7-11)26-21(23)30/h2,5-7,9-10,13-14,28H,3-4,8H2,1H3,(H,24,25)(H3,23,26,30)/t13?,14-/m1/s1. The summed E-state index contributed by atoms with van der Waals surface area (Å²) >= 11 is 0. The first-order chi connectivity index (χ1) is 14.4. The maximum atomic E-state index is 14.1. The number of aliphatic hydroxyl groups is 1. The largest absolute Gasteiger partial charge is 0.393 e. The van der Waals surface area contributed by atoms with Gasteiger partial charge in [-0.3, -0.25) is 4.79 Å². The minimum absolute atomic E-state index is 0.106. The lowest BCUT2D eigenvalue weighted by molar-refractivity contribution is 0.178. The molecular weight excluding hydrogens is 389 g/mol. The molecule has 1 aliphatic carbocycles. The highest BCUT2D eigenvalue weighted by molar-refractivity contribution is 5.90. The van der Waals surface area contributed by atoms with Crippen LogP contribution in [0.25, 0.3) is 22.0 Å². The van der Waals surface area contributed by atoms with Crippen LogP contribution in [0.15, 0.2) is 41.3 Å². The van der Waals surface area contributed by atoms with Crippen molar-refractivity contribution in [2.75, 3.05) is 17.7 Å². The maximum absolute atomic E-state index is 14.1. The van der Waals surface area contributed by atoms with Gasteiger partial charge in [-0.1, -0.05) is 6.07 Å². The van der Waals surface area contributed by atoms with Crippen LogP contribution in [0, 0.1) is 5.82 Å². The van der Waals surface area contributed by atoms with Gasteiger partial charge in [-0.15, -0.1) is 0 Å². The molecule has 5 N–H and O–H groups in total. The third-order valence-electron chi connectivity index (χ3n) is 5.45. The number of halogens is 1. The first-order valence-electron chi connectivity index (χ1n) is 9.65. The van der Waals surface area contributed by atoms with Crippen LogP contribution >= 0.6 is 0 Å². The van der Waals surface area contributed by atoms with Crippen molar-refractivity contribution in [3.05, 3.63) is 52.7 Å². The van der Waals surface area contributed by atoms with Crippen LogP contribution < -0.4 is 21.9 Å². The molecule has 2 heterocycles. The lowest BCUT2D eigenvalue weighted by Gasteiger charge is -2.19. The first kappa shape index (κ1) is 19.8. The Kier molecular flexibility index (Phi) is 5.13. The van der Waals surface area contributed by atoms with E-state index < -0.39 is 18.0 Å². The molecule has 30 heavy (non-hydrogen) atoms. The van der Waals surface area contributed by atoms with E-state index in [2.05, 4.69) is 15.6 Å². The van der Waals surface area contributed by atoms with E-state index in [9.17, 15) is 19.1 Å². The van der Waals surface area contributed by atoms with Gasteiger partial charge in [0.15, 0.2) is 0 Å². The molecule has 1 aliphatic rings. The average molecular weight is 411 g/mol. The molecule has 0 saturated heterocycles. The Balaban J connectivity index is 1.95. The van der Waals surface area contributed by atoms with Crippen LogP contribution in [-0.4, -0.2) is 33.8 Å². The highest BCUT2D eigenvalue weighted by Crippen LogP contribution is 2.33. The molecule has 0 aliphatic heterocycles. The Labute approximate surface area is 171 Å². The van der Waals surface area contributed by atoms with Gasteiger partial charge in [-0.05, 0) is 43.0 Å². The molecule has 1 fully saturated rings. The van der Waals surface area contributed by atoms with Gasteiger partial charge in [0, 0.05) is 36.3 Å². The summed E-state index contributed by atoms with van der Waals surface area (Å²) in [6, 6.07) is 6.48. The quantitative estimate of drug-likeness (QED) is 0.526. The number of aliphatic hydroxyl groups excluding tert-OH is 1. The first-order valence-corrected chi connectivity index (χ1v) is 9.65.